The first-order chi connectivity index (χ1) is 10.0. The lowest BCUT2D eigenvalue weighted by Crippen LogP contribution is -2.18. The van der Waals surface area contributed by atoms with E-state index < -0.39 is 11.8 Å². The molecule has 0 N–H and O–H groups in total. The van der Waals surface area contributed by atoms with Crippen molar-refractivity contribution < 1.29 is 14.3 Å². The van der Waals surface area contributed by atoms with Crippen molar-refractivity contribution in [3.63, 3.8) is 0 Å². The van der Waals surface area contributed by atoms with Gasteiger partial charge in [0.05, 0.1) is 6.61 Å². The summed E-state index contributed by atoms with van der Waals surface area (Å²) < 4.78 is 5.67. The molecule has 1 aromatic rings. The van der Waals surface area contributed by atoms with E-state index in [1.165, 1.54) is 31.2 Å². The van der Waals surface area contributed by atoms with Crippen LogP contribution in [0.3, 0.4) is 0 Å². The molecule has 2 atom stereocenters. The molecule has 1 aromatic carbocycles. The third-order valence-electron chi connectivity index (χ3n) is 4.23. The Morgan fingerprint density at radius 3 is 2.62 bits per heavy atom. The first-order valence-corrected chi connectivity index (χ1v) is 8.34. The van der Waals surface area contributed by atoms with Crippen molar-refractivity contribution in [3.05, 3.63) is 33.8 Å². The Balaban J connectivity index is 2.21. The van der Waals surface area contributed by atoms with Crippen molar-refractivity contribution >= 4 is 27.7 Å². The molecule has 4 heteroatoms. The Hall–Kier alpha value is -1.16. The van der Waals surface area contributed by atoms with E-state index >= 15 is 0 Å². The minimum absolute atomic E-state index is 0.212. The Bertz CT molecular complexity index is 539. The normalized spacial score (nSPS) is 21.9. The minimum Gasteiger partial charge on any atom is -0.460 e. The molecule has 3 nitrogen and oxygen atoms in total. The lowest BCUT2D eigenvalue weighted by atomic mass is 9.76. The van der Waals surface area contributed by atoms with Gasteiger partial charge in [-0.25, -0.2) is 4.79 Å². The molecule has 1 saturated carbocycles. The second-order valence-electron chi connectivity index (χ2n) is 5.65. The third kappa shape index (κ3) is 3.73. The van der Waals surface area contributed by atoms with Crippen molar-refractivity contribution in [2.24, 2.45) is 5.92 Å². The molecule has 0 radical (unpaired) electrons. The number of hydrogen-bond donors (Lipinski definition) is 0. The number of rotatable bonds is 4. The monoisotopic (exact) mass is 352 g/mol. The van der Waals surface area contributed by atoms with Crippen LogP contribution < -0.4 is 0 Å². The van der Waals surface area contributed by atoms with Gasteiger partial charge in [0.25, 0.3) is 5.78 Å². The van der Waals surface area contributed by atoms with Crippen molar-refractivity contribution in [3.8, 4) is 0 Å². The van der Waals surface area contributed by atoms with E-state index in [0.717, 1.165) is 4.47 Å². The van der Waals surface area contributed by atoms with Crippen LogP contribution in [0, 0.1) is 5.92 Å². The maximum Gasteiger partial charge on any atom is 0.379 e. The second-order valence-corrected chi connectivity index (χ2v) is 6.51. The molecular weight excluding hydrogens is 332 g/mol. The zero-order valence-corrected chi connectivity index (χ0v) is 14.1. The maximum absolute atomic E-state index is 11.9. The molecule has 0 aromatic heterocycles. The van der Waals surface area contributed by atoms with Crippen LogP contribution in [0.25, 0.3) is 0 Å². The SMILES string of the molecule is CCOC(=O)C(=O)c1ccc(C2CCCCC2C)c(Br)c1. The van der Waals surface area contributed by atoms with Gasteiger partial charge in [0.15, 0.2) is 0 Å². The molecule has 1 aliphatic carbocycles. The van der Waals surface area contributed by atoms with Gasteiger partial charge in [-0.05, 0) is 36.8 Å². The van der Waals surface area contributed by atoms with Crippen LogP contribution in [0.4, 0.5) is 0 Å². The smallest absolute Gasteiger partial charge is 0.379 e. The summed E-state index contributed by atoms with van der Waals surface area (Å²) in [6, 6.07) is 5.46. The Kier molecular flexibility index (Phi) is 5.57. The maximum atomic E-state index is 11.9. The lowest BCUT2D eigenvalue weighted by Gasteiger charge is -2.30. The van der Waals surface area contributed by atoms with E-state index in [-0.39, 0.29) is 6.61 Å². The summed E-state index contributed by atoms with van der Waals surface area (Å²) in [7, 11) is 0. The average molecular weight is 353 g/mol. The number of esters is 1. The molecule has 2 unspecified atom stereocenters. The van der Waals surface area contributed by atoms with E-state index in [0.29, 0.717) is 17.4 Å². The molecular formula is C17H21BrO3. The topological polar surface area (TPSA) is 43.4 Å². The van der Waals surface area contributed by atoms with Crippen LogP contribution in [0.2, 0.25) is 0 Å². The number of ether oxygens (including phenoxy) is 1. The number of carbonyl (C=O) groups is 2. The Morgan fingerprint density at radius 2 is 2.00 bits per heavy atom. The second kappa shape index (κ2) is 7.21. The van der Waals surface area contributed by atoms with Gasteiger partial charge in [-0.2, -0.15) is 0 Å². The van der Waals surface area contributed by atoms with Gasteiger partial charge < -0.3 is 4.74 Å². The molecule has 0 saturated heterocycles. The Morgan fingerprint density at radius 1 is 1.29 bits per heavy atom. The summed E-state index contributed by atoms with van der Waals surface area (Å²) in [5.74, 6) is -0.189. The molecule has 1 aliphatic rings. The zero-order chi connectivity index (χ0) is 15.4. The fourth-order valence-corrected chi connectivity index (χ4v) is 3.73. The fraction of sp³-hybridized carbons (Fsp3) is 0.529. The van der Waals surface area contributed by atoms with Gasteiger partial charge in [0.1, 0.15) is 0 Å². The van der Waals surface area contributed by atoms with Crippen molar-refractivity contribution in [2.75, 3.05) is 6.61 Å². The lowest BCUT2D eigenvalue weighted by molar-refractivity contribution is -0.137. The molecule has 114 valence electrons. The molecule has 2 rings (SSSR count). The largest absolute Gasteiger partial charge is 0.460 e. The quantitative estimate of drug-likeness (QED) is 0.455. The highest BCUT2D eigenvalue weighted by atomic mass is 79.9. The van der Waals surface area contributed by atoms with Gasteiger partial charge >= 0.3 is 5.97 Å². The summed E-state index contributed by atoms with van der Waals surface area (Å²) in [4.78, 5) is 23.4. The number of ketones is 1. The van der Waals surface area contributed by atoms with Crippen LogP contribution in [-0.2, 0) is 9.53 Å². The highest BCUT2D eigenvalue weighted by Gasteiger charge is 2.25. The molecule has 21 heavy (non-hydrogen) atoms. The van der Waals surface area contributed by atoms with E-state index in [2.05, 4.69) is 22.9 Å². The highest BCUT2D eigenvalue weighted by molar-refractivity contribution is 9.10. The molecule has 0 spiro atoms. The van der Waals surface area contributed by atoms with Crippen molar-refractivity contribution in [2.45, 2.75) is 45.4 Å². The van der Waals surface area contributed by atoms with Crippen LogP contribution in [-0.4, -0.2) is 18.4 Å². The number of Topliss-reactive ketones (excluding diaryl/α,β-unsaturated/α-hetero) is 1. The summed E-state index contributed by atoms with van der Waals surface area (Å²) in [5, 5.41) is 0. The predicted octanol–water partition coefficient (Wildman–Crippen LogP) is 4.49. The van der Waals surface area contributed by atoms with E-state index in [1.807, 2.05) is 6.07 Å². The molecule has 0 bridgehead atoms. The van der Waals surface area contributed by atoms with E-state index in [9.17, 15) is 9.59 Å². The van der Waals surface area contributed by atoms with Gasteiger partial charge in [-0.15, -0.1) is 0 Å². The summed E-state index contributed by atoms with van der Waals surface area (Å²) in [6.45, 7) is 4.19. The summed E-state index contributed by atoms with van der Waals surface area (Å²) >= 11 is 3.56. The van der Waals surface area contributed by atoms with Crippen LogP contribution in [0.15, 0.2) is 22.7 Å². The fourth-order valence-electron chi connectivity index (χ4n) is 3.06. The molecule has 0 heterocycles. The van der Waals surface area contributed by atoms with Crippen LogP contribution >= 0.6 is 15.9 Å². The molecule has 0 aliphatic heterocycles. The molecule has 1 fully saturated rings. The van der Waals surface area contributed by atoms with Gasteiger partial charge in [0, 0.05) is 10.0 Å². The zero-order valence-electron chi connectivity index (χ0n) is 12.5. The Labute approximate surface area is 134 Å². The van der Waals surface area contributed by atoms with Gasteiger partial charge in [-0.3, -0.25) is 4.79 Å². The number of halogens is 1. The van der Waals surface area contributed by atoms with Crippen molar-refractivity contribution in [1.82, 2.24) is 0 Å². The predicted molar refractivity (Wildman–Crippen MR) is 85.5 cm³/mol. The average Bonchev–Trinajstić information content (AvgIpc) is 2.47. The standard InChI is InChI=1S/C17H21BrO3/c1-3-21-17(20)16(19)12-8-9-14(15(18)10-12)13-7-5-4-6-11(13)2/h8-11,13H,3-7H2,1-2H3. The van der Waals surface area contributed by atoms with E-state index in [1.54, 1.807) is 19.1 Å². The summed E-state index contributed by atoms with van der Waals surface area (Å²) in [6.07, 6.45) is 4.99. The van der Waals surface area contributed by atoms with E-state index in [4.69, 9.17) is 4.74 Å². The summed E-state index contributed by atoms with van der Waals surface area (Å²) in [5.41, 5.74) is 1.62. The molecule has 0 amide bonds. The first kappa shape index (κ1) is 16.2. The van der Waals surface area contributed by atoms with Gasteiger partial charge in [0.2, 0.25) is 0 Å². The highest BCUT2D eigenvalue weighted by Crippen LogP contribution is 2.40. The van der Waals surface area contributed by atoms with Crippen LogP contribution in [0.5, 0.6) is 0 Å². The minimum atomic E-state index is -0.789. The third-order valence-corrected chi connectivity index (χ3v) is 4.92. The number of hydrogen-bond acceptors (Lipinski definition) is 3. The number of carbonyl (C=O) groups excluding carboxylic acids is 2. The van der Waals surface area contributed by atoms with Gasteiger partial charge in [-0.1, -0.05) is 54.2 Å². The van der Waals surface area contributed by atoms with Crippen LogP contribution in [0.1, 0.15) is 61.4 Å². The number of benzene rings is 1. The van der Waals surface area contributed by atoms with Crippen molar-refractivity contribution in [1.29, 1.82) is 0 Å². The first-order valence-electron chi connectivity index (χ1n) is 7.55.